The third kappa shape index (κ3) is 5.49. The average Bonchev–Trinajstić information content (AvgIpc) is 2.89. The second-order valence-corrected chi connectivity index (χ2v) is 10.7. The summed E-state index contributed by atoms with van der Waals surface area (Å²) >= 11 is 0. The van der Waals surface area contributed by atoms with Crippen molar-refractivity contribution in [1.82, 2.24) is 10.2 Å². The third-order valence-electron chi connectivity index (χ3n) is 6.27. The Balaban J connectivity index is 1.70. The van der Waals surface area contributed by atoms with E-state index in [1.807, 2.05) is 27.7 Å². The molecule has 7 nitrogen and oxygen atoms in total. The standard InChI is InChI=1S/C23H33BF2N2O5/c1-21(2,3)31-20(30)28-12-8-9-14(13-28)27-19(29)15-10-11-16(18(26)17(15)25)24-32-22(4,5)23(6,7)33-24/h10-11,14H,8-9,12-13H2,1-7H3,(H,27,29). The van der Waals surface area contributed by atoms with Gasteiger partial charge in [0.05, 0.1) is 16.8 Å². The van der Waals surface area contributed by atoms with Crippen molar-refractivity contribution in [1.29, 1.82) is 0 Å². The van der Waals surface area contributed by atoms with Crippen LogP contribution in [-0.2, 0) is 14.0 Å². The van der Waals surface area contributed by atoms with Crippen molar-refractivity contribution in [3.63, 3.8) is 0 Å². The van der Waals surface area contributed by atoms with Gasteiger partial charge in [0.15, 0.2) is 11.6 Å². The van der Waals surface area contributed by atoms with Gasteiger partial charge in [-0.1, -0.05) is 6.07 Å². The summed E-state index contributed by atoms with van der Waals surface area (Å²) in [6.07, 6.45) is 0.800. The van der Waals surface area contributed by atoms with Crippen LogP contribution in [0.3, 0.4) is 0 Å². The summed E-state index contributed by atoms with van der Waals surface area (Å²) in [5.41, 5.74) is -2.57. The van der Waals surface area contributed by atoms with Crippen molar-refractivity contribution in [3.8, 4) is 0 Å². The molecule has 0 radical (unpaired) electrons. The molecule has 2 amide bonds. The molecule has 2 aliphatic rings. The SMILES string of the molecule is CC(C)(C)OC(=O)N1CCCC(NC(=O)c2ccc(B3OC(C)(C)C(C)(C)O3)c(F)c2F)C1. The van der Waals surface area contributed by atoms with Gasteiger partial charge >= 0.3 is 13.2 Å². The van der Waals surface area contributed by atoms with E-state index in [1.165, 1.54) is 17.0 Å². The highest BCUT2D eigenvalue weighted by Crippen LogP contribution is 2.36. The van der Waals surface area contributed by atoms with Gasteiger partial charge in [0.1, 0.15) is 5.60 Å². The van der Waals surface area contributed by atoms with E-state index in [0.29, 0.717) is 19.4 Å². The van der Waals surface area contributed by atoms with Gasteiger partial charge in [-0.05, 0) is 67.4 Å². The number of amides is 2. The van der Waals surface area contributed by atoms with Gasteiger partial charge in [-0.3, -0.25) is 4.79 Å². The molecular weight excluding hydrogens is 433 g/mol. The number of likely N-dealkylation sites (tertiary alicyclic amines) is 1. The van der Waals surface area contributed by atoms with Crippen molar-refractivity contribution < 1.29 is 32.4 Å². The maximum absolute atomic E-state index is 14.9. The summed E-state index contributed by atoms with van der Waals surface area (Å²) in [6, 6.07) is 2.13. The van der Waals surface area contributed by atoms with Crippen LogP contribution in [-0.4, -0.2) is 60.0 Å². The summed E-state index contributed by atoms with van der Waals surface area (Å²) in [6.45, 7) is 13.3. The van der Waals surface area contributed by atoms with Crippen LogP contribution in [0.5, 0.6) is 0 Å². The normalized spacial score (nSPS) is 22.3. The second-order valence-electron chi connectivity index (χ2n) is 10.7. The number of benzene rings is 1. The average molecular weight is 466 g/mol. The molecule has 2 fully saturated rings. The zero-order valence-electron chi connectivity index (χ0n) is 20.4. The summed E-state index contributed by atoms with van der Waals surface area (Å²) in [4.78, 5) is 26.6. The molecule has 2 aliphatic heterocycles. The molecule has 1 unspecified atom stereocenters. The molecule has 2 heterocycles. The third-order valence-corrected chi connectivity index (χ3v) is 6.27. The Hall–Kier alpha value is -2.20. The lowest BCUT2D eigenvalue weighted by Gasteiger charge is -2.34. The van der Waals surface area contributed by atoms with Crippen LogP contribution in [0, 0.1) is 11.6 Å². The first-order chi connectivity index (χ1) is 15.1. The Kier molecular flexibility index (Phi) is 6.83. The Morgan fingerprint density at radius 2 is 1.73 bits per heavy atom. The fraction of sp³-hybridized carbons (Fsp3) is 0.652. The maximum Gasteiger partial charge on any atom is 0.497 e. The van der Waals surface area contributed by atoms with Crippen molar-refractivity contribution in [3.05, 3.63) is 29.3 Å². The molecule has 10 heteroatoms. The van der Waals surface area contributed by atoms with Gasteiger partial charge in [-0.25, -0.2) is 13.6 Å². The molecule has 33 heavy (non-hydrogen) atoms. The molecule has 3 rings (SSSR count). The van der Waals surface area contributed by atoms with E-state index in [1.54, 1.807) is 20.8 Å². The van der Waals surface area contributed by atoms with E-state index in [2.05, 4.69) is 5.32 Å². The molecule has 0 saturated carbocycles. The molecule has 2 saturated heterocycles. The first kappa shape index (κ1) is 25.4. The van der Waals surface area contributed by atoms with E-state index in [0.717, 1.165) is 0 Å². The summed E-state index contributed by atoms with van der Waals surface area (Å²) in [5.74, 6) is -3.19. The highest BCUT2D eigenvalue weighted by atomic mass is 19.2. The fourth-order valence-electron chi connectivity index (χ4n) is 3.74. The van der Waals surface area contributed by atoms with Crippen LogP contribution in [0.25, 0.3) is 0 Å². The van der Waals surface area contributed by atoms with Crippen molar-refractivity contribution >= 4 is 24.6 Å². The van der Waals surface area contributed by atoms with E-state index in [-0.39, 0.29) is 12.0 Å². The number of nitrogens with one attached hydrogen (secondary N) is 1. The van der Waals surface area contributed by atoms with Crippen LogP contribution in [0.1, 0.15) is 71.7 Å². The van der Waals surface area contributed by atoms with E-state index in [9.17, 15) is 18.4 Å². The molecule has 1 aromatic carbocycles. The zero-order chi connectivity index (χ0) is 24.8. The van der Waals surface area contributed by atoms with Crippen molar-refractivity contribution in [2.24, 2.45) is 0 Å². The van der Waals surface area contributed by atoms with Gasteiger partial charge in [-0.2, -0.15) is 0 Å². The minimum Gasteiger partial charge on any atom is -0.444 e. The Bertz CT molecular complexity index is 916. The van der Waals surface area contributed by atoms with Crippen molar-refractivity contribution in [2.75, 3.05) is 13.1 Å². The number of rotatable bonds is 3. The number of carbonyl (C=O) groups is 2. The van der Waals surface area contributed by atoms with Crippen LogP contribution < -0.4 is 10.8 Å². The number of hydrogen-bond acceptors (Lipinski definition) is 5. The van der Waals surface area contributed by atoms with E-state index in [4.69, 9.17) is 14.0 Å². The highest BCUT2D eigenvalue weighted by Gasteiger charge is 2.52. The topological polar surface area (TPSA) is 77.1 Å². The van der Waals surface area contributed by atoms with Gasteiger partial charge < -0.3 is 24.3 Å². The fourth-order valence-corrected chi connectivity index (χ4v) is 3.74. The van der Waals surface area contributed by atoms with Crippen LogP contribution in [0.2, 0.25) is 0 Å². The maximum atomic E-state index is 14.9. The lowest BCUT2D eigenvalue weighted by molar-refractivity contribution is 0.00578. The van der Waals surface area contributed by atoms with Crippen LogP contribution >= 0.6 is 0 Å². The summed E-state index contributed by atoms with van der Waals surface area (Å²) in [7, 11) is -1.08. The number of hydrogen-bond donors (Lipinski definition) is 1. The molecule has 0 spiro atoms. The van der Waals surface area contributed by atoms with Gasteiger partial charge in [0.2, 0.25) is 0 Å². The predicted octanol–water partition coefficient (Wildman–Crippen LogP) is 3.39. The van der Waals surface area contributed by atoms with Gasteiger partial charge in [0.25, 0.3) is 5.91 Å². The second kappa shape index (κ2) is 8.87. The molecule has 1 atom stereocenters. The smallest absolute Gasteiger partial charge is 0.444 e. The summed E-state index contributed by atoms with van der Waals surface area (Å²) in [5, 5.41) is 2.71. The molecular formula is C23H33BF2N2O5. The molecule has 182 valence electrons. The molecule has 1 N–H and O–H groups in total. The predicted molar refractivity (Wildman–Crippen MR) is 120 cm³/mol. The van der Waals surface area contributed by atoms with E-state index >= 15 is 0 Å². The van der Waals surface area contributed by atoms with Gasteiger partial charge in [-0.15, -0.1) is 0 Å². The monoisotopic (exact) mass is 466 g/mol. The van der Waals surface area contributed by atoms with Crippen molar-refractivity contribution in [2.45, 2.75) is 84.2 Å². The largest absolute Gasteiger partial charge is 0.497 e. The number of ether oxygens (including phenoxy) is 1. The number of halogens is 2. The molecule has 1 aromatic rings. The first-order valence-electron chi connectivity index (χ1n) is 11.2. The highest BCUT2D eigenvalue weighted by molar-refractivity contribution is 6.62. The Morgan fingerprint density at radius 3 is 2.30 bits per heavy atom. The zero-order valence-corrected chi connectivity index (χ0v) is 20.4. The molecule has 0 aromatic heterocycles. The molecule has 0 bridgehead atoms. The lowest BCUT2D eigenvalue weighted by atomic mass is 9.78. The lowest BCUT2D eigenvalue weighted by Crippen LogP contribution is -2.50. The molecule has 0 aliphatic carbocycles. The quantitative estimate of drug-likeness (QED) is 0.692. The number of piperidine rings is 1. The van der Waals surface area contributed by atoms with Crippen LogP contribution in [0.4, 0.5) is 13.6 Å². The Morgan fingerprint density at radius 1 is 1.12 bits per heavy atom. The first-order valence-corrected chi connectivity index (χ1v) is 11.2. The minimum absolute atomic E-state index is 0.100. The minimum atomic E-state index is -1.26. The van der Waals surface area contributed by atoms with E-state index < -0.39 is 59.2 Å². The summed E-state index contributed by atoms with van der Waals surface area (Å²) < 4.78 is 46.7. The van der Waals surface area contributed by atoms with Gasteiger partial charge in [0, 0.05) is 24.6 Å². The Labute approximate surface area is 194 Å². The number of nitrogens with zero attached hydrogens (tertiary/aromatic N) is 1. The van der Waals surface area contributed by atoms with Crippen LogP contribution in [0.15, 0.2) is 12.1 Å². The number of carbonyl (C=O) groups excluding carboxylic acids is 2.